The fraction of sp³-hybridized carbons (Fsp3) is 0.476. The van der Waals surface area contributed by atoms with Crippen molar-refractivity contribution in [3.05, 3.63) is 32.7 Å². The number of hydrogen-bond donors (Lipinski definition) is 1. The van der Waals surface area contributed by atoms with Gasteiger partial charge in [0.25, 0.3) is 5.91 Å². The van der Waals surface area contributed by atoms with Crippen molar-refractivity contribution in [3.8, 4) is 10.6 Å². The van der Waals surface area contributed by atoms with Gasteiger partial charge in [0.15, 0.2) is 5.69 Å². The number of thiazole rings is 1. The molecule has 10 heteroatoms. The lowest BCUT2D eigenvalue weighted by Crippen LogP contribution is -2.33. The zero-order chi connectivity index (χ0) is 21.8. The van der Waals surface area contributed by atoms with Crippen LogP contribution in [0.1, 0.15) is 41.8 Å². The smallest absolute Gasteiger partial charge is 0.376 e. The number of aromatic nitrogens is 1. The molecule has 164 valence electrons. The van der Waals surface area contributed by atoms with Gasteiger partial charge in [-0.15, -0.1) is 22.7 Å². The number of halogens is 3. The molecule has 3 aliphatic carbocycles. The van der Waals surface area contributed by atoms with E-state index in [4.69, 9.17) is 4.74 Å². The molecule has 1 fully saturated rings. The fourth-order valence-electron chi connectivity index (χ4n) is 4.86. The van der Waals surface area contributed by atoms with E-state index in [0.29, 0.717) is 41.3 Å². The summed E-state index contributed by atoms with van der Waals surface area (Å²) in [4.78, 5) is 29.6. The zero-order valence-corrected chi connectivity index (χ0v) is 18.0. The maximum atomic E-state index is 13.2. The van der Waals surface area contributed by atoms with E-state index in [9.17, 15) is 22.8 Å². The Kier molecular flexibility index (Phi) is 5.26. The van der Waals surface area contributed by atoms with Crippen molar-refractivity contribution >= 4 is 39.9 Å². The van der Waals surface area contributed by atoms with Crippen LogP contribution in [0.25, 0.3) is 10.6 Å². The summed E-state index contributed by atoms with van der Waals surface area (Å²) in [6.07, 6.45) is 0.431. The largest absolute Gasteiger partial charge is 0.434 e. The molecule has 1 amide bonds. The molecule has 31 heavy (non-hydrogen) atoms. The lowest BCUT2D eigenvalue weighted by Gasteiger charge is -2.37. The fourth-order valence-corrected chi connectivity index (χ4v) is 7.01. The molecule has 0 spiro atoms. The van der Waals surface area contributed by atoms with Crippen molar-refractivity contribution in [3.63, 3.8) is 0 Å². The van der Waals surface area contributed by atoms with Gasteiger partial charge in [0.1, 0.15) is 16.3 Å². The lowest BCUT2D eigenvalue weighted by atomic mass is 9.67. The summed E-state index contributed by atoms with van der Waals surface area (Å²) in [6.45, 7) is 0.819. The van der Waals surface area contributed by atoms with Crippen molar-refractivity contribution in [1.29, 1.82) is 0 Å². The van der Waals surface area contributed by atoms with Gasteiger partial charge in [-0.05, 0) is 49.5 Å². The van der Waals surface area contributed by atoms with E-state index >= 15 is 0 Å². The second-order valence-electron chi connectivity index (χ2n) is 8.04. The van der Waals surface area contributed by atoms with Crippen LogP contribution >= 0.6 is 22.7 Å². The first kappa shape index (κ1) is 20.8. The maximum absolute atomic E-state index is 13.2. The molecule has 1 N–H and O–H groups in total. The molecular formula is C21H19F3N2O3S2. The normalized spacial score (nSPS) is 23.1. The van der Waals surface area contributed by atoms with Gasteiger partial charge in [0, 0.05) is 27.0 Å². The second kappa shape index (κ2) is 7.83. The number of anilines is 1. The van der Waals surface area contributed by atoms with Crippen molar-refractivity contribution in [2.45, 2.75) is 44.9 Å². The number of amides is 1. The van der Waals surface area contributed by atoms with Gasteiger partial charge in [0.2, 0.25) is 0 Å². The highest BCUT2D eigenvalue weighted by atomic mass is 32.1. The van der Waals surface area contributed by atoms with Gasteiger partial charge in [-0.1, -0.05) is 0 Å². The van der Waals surface area contributed by atoms with Crippen LogP contribution in [0.2, 0.25) is 0 Å². The molecule has 6 rings (SSSR count). The van der Waals surface area contributed by atoms with Crippen LogP contribution in [0.5, 0.6) is 0 Å². The Bertz CT molecular complexity index is 1080. The Balaban J connectivity index is 1.54. The minimum atomic E-state index is -4.53. The summed E-state index contributed by atoms with van der Waals surface area (Å²) >= 11 is 2.23. The van der Waals surface area contributed by atoms with Gasteiger partial charge in [-0.25, -0.2) is 4.98 Å². The highest BCUT2D eigenvalue weighted by Gasteiger charge is 2.39. The van der Waals surface area contributed by atoms with E-state index in [1.807, 2.05) is 0 Å². The summed E-state index contributed by atoms with van der Waals surface area (Å²) in [7, 11) is 0. The third-order valence-electron chi connectivity index (χ3n) is 6.31. The SMILES string of the molecule is O=CC1=C(C(=O)Nc2sc3c(c2-c2nc(C(F)(F)F)cs2)CCOC3)C2CCC1CC2. The van der Waals surface area contributed by atoms with Crippen molar-refractivity contribution in [2.75, 3.05) is 11.9 Å². The Hall–Kier alpha value is -2.04. The highest BCUT2D eigenvalue weighted by Crippen LogP contribution is 2.48. The predicted molar refractivity (Wildman–Crippen MR) is 111 cm³/mol. The molecule has 4 aliphatic rings. The molecule has 5 nitrogen and oxygen atoms in total. The van der Waals surface area contributed by atoms with Crippen LogP contribution in [0.4, 0.5) is 18.2 Å². The van der Waals surface area contributed by atoms with Crippen molar-refractivity contribution < 1.29 is 27.5 Å². The van der Waals surface area contributed by atoms with Crippen LogP contribution < -0.4 is 5.32 Å². The number of carbonyl (C=O) groups is 2. The molecular weight excluding hydrogens is 449 g/mol. The van der Waals surface area contributed by atoms with Gasteiger partial charge < -0.3 is 10.1 Å². The maximum Gasteiger partial charge on any atom is 0.434 e. The first-order valence-electron chi connectivity index (χ1n) is 10.1. The van der Waals surface area contributed by atoms with E-state index in [2.05, 4.69) is 10.3 Å². The predicted octanol–water partition coefficient (Wildman–Crippen LogP) is 5.22. The second-order valence-corrected chi connectivity index (χ2v) is 10.00. The first-order chi connectivity index (χ1) is 14.9. The number of carbonyl (C=O) groups excluding carboxylic acids is 2. The standard InChI is InChI=1S/C21H19F3N2O3S2/c22-21(23,24)15-9-30-19(25-15)17-12-5-6-29-8-14(12)31-20(17)26-18(28)16-11-3-1-10(2-4-11)13(16)7-27/h7,9-11H,1-6,8H2,(H,26,28). The number of alkyl halides is 3. The van der Waals surface area contributed by atoms with Gasteiger partial charge >= 0.3 is 6.18 Å². The van der Waals surface area contributed by atoms with E-state index in [1.165, 1.54) is 11.3 Å². The minimum Gasteiger partial charge on any atom is -0.376 e. The monoisotopic (exact) mass is 468 g/mol. The Morgan fingerprint density at radius 2 is 1.97 bits per heavy atom. The Labute approximate surface area is 184 Å². The van der Waals surface area contributed by atoms with Gasteiger partial charge in [-0.2, -0.15) is 13.2 Å². The van der Waals surface area contributed by atoms with Crippen LogP contribution in [-0.4, -0.2) is 23.8 Å². The van der Waals surface area contributed by atoms with Crippen molar-refractivity contribution in [1.82, 2.24) is 4.98 Å². The van der Waals surface area contributed by atoms with E-state index < -0.39 is 11.9 Å². The molecule has 2 bridgehead atoms. The molecule has 2 aromatic heterocycles. The van der Waals surface area contributed by atoms with E-state index in [1.54, 1.807) is 0 Å². The molecule has 0 unspecified atom stereocenters. The van der Waals surface area contributed by atoms with Crippen molar-refractivity contribution in [2.24, 2.45) is 11.8 Å². The quantitative estimate of drug-likeness (QED) is 0.625. The van der Waals surface area contributed by atoms with Gasteiger partial charge in [-0.3, -0.25) is 9.59 Å². The van der Waals surface area contributed by atoms with E-state index in [-0.39, 0.29) is 22.8 Å². The molecule has 2 aromatic rings. The Morgan fingerprint density at radius 1 is 1.23 bits per heavy atom. The third kappa shape index (κ3) is 3.64. The number of ether oxygens (including phenoxy) is 1. The highest BCUT2D eigenvalue weighted by molar-refractivity contribution is 7.18. The molecule has 0 aromatic carbocycles. The summed E-state index contributed by atoms with van der Waals surface area (Å²) in [5.74, 6) is -0.144. The van der Waals surface area contributed by atoms with Crippen LogP contribution in [0, 0.1) is 11.8 Å². The van der Waals surface area contributed by atoms with E-state index in [0.717, 1.165) is 59.1 Å². The zero-order valence-electron chi connectivity index (χ0n) is 16.4. The first-order valence-corrected chi connectivity index (χ1v) is 11.8. The van der Waals surface area contributed by atoms with Crippen LogP contribution in [0.15, 0.2) is 16.5 Å². The summed E-state index contributed by atoms with van der Waals surface area (Å²) in [5.41, 5.74) is 1.61. The molecule has 0 saturated heterocycles. The number of thiophene rings is 1. The number of fused-ring (bicyclic) bond motifs is 3. The number of aldehydes is 1. The number of rotatable bonds is 4. The molecule has 1 saturated carbocycles. The number of nitrogens with one attached hydrogen (secondary N) is 1. The topological polar surface area (TPSA) is 68.3 Å². The average molecular weight is 469 g/mol. The summed E-state index contributed by atoms with van der Waals surface area (Å²) < 4.78 is 44.9. The number of nitrogens with zero attached hydrogens (tertiary/aromatic N) is 1. The summed E-state index contributed by atoms with van der Waals surface area (Å²) in [5, 5.41) is 4.63. The lowest BCUT2D eigenvalue weighted by molar-refractivity contribution is -0.140. The summed E-state index contributed by atoms with van der Waals surface area (Å²) in [6, 6.07) is 0. The molecule has 0 atom stereocenters. The average Bonchev–Trinajstić information content (AvgIpc) is 3.38. The van der Waals surface area contributed by atoms with Gasteiger partial charge in [0.05, 0.1) is 13.2 Å². The molecule has 0 radical (unpaired) electrons. The third-order valence-corrected chi connectivity index (χ3v) is 8.29. The van der Waals surface area contributed by atoms with Crippen LogP contribution in [-0.2, 0) is 33.5 Å². The Morgan fingerprint density at radius 3 is 2.65 bits per heavy atom. The molecule has 1 aliphatic heterocycles. The number of hydrogen-bond acceptors (Lipinski definition) is 6. The number of allylic oxidation sites excluding steroid dienone is 1. The minimum absolute atomic E-state index is 0.0586. The van der Waals surface area contributed by atoms with Crippen LogP contribution in [0.3, 0.4) is 0 Å². The molecule has 3 heterocycles.